The Balaban J connectivity index is 2.59. The Bertz CT molecular complexity index is 389. The number of esters is 2. The first-order valence-corrected chi connectivity index (χ1v) is 4.89. The van der Waals surface area contributed by atoms with E-state index >= 15 is 0 Å². The van der Waals surface area contributed by atoms with E-state index in [4.69, 9.17) is 4.74 Å². The zero-order chi connectivity index (χ0) is 12.1. The number of carbonyl (C=O) groups is 2. The highest BCUT2D eigenvalue weighted by atomic mass is 16.6. The van der Waals surface area contributed by atoms with Gasteiger partial charge in [0.25, 0.3) is 0 Å². The molecule has 0 saturated carbocycles. The minimum absolute atomic E-state index is 0.359. The van der Waals surface area contributed by atoms with Crippen molar-refractivity contribution >= 4 is 11.9 Å². The third-order valence-corrected chi connectivity index (χ3v) is 1.82. The number of benzene rings is 1. The van der Waals surface area contributed by atoms with Crippen molar-refractivity contribution in [3.05, 3.63) is 29.3 Å². The van der Waals surface area contributed by atoms with Crippen LogP contribution in [0.3, 0.4) is 0 Å². The van der Waals surface area contributed by atoms with Crippen molar-refractivity contribution in [3.8, 4) is 5.75 Å². The van der Waals surface area contributed by atoms with Crippen LogP contribution >= 0.6 is 0 Å². The molecule has 0 spiro atoms. The highest BCUT2D eigenvalue weighted by Gasteiger charge is 2.07. The predicted molar refractivity (Wildman–Crippen MR) is 58.2 cm³/mol. The van der Waals surface area contributed by atoms with Crippen LogP contribution < -0.4 is 4.74 Å². The van der Waals surface area contributed by atoms with E-state index in [9.17, 15) is 9.59 Å². The van der Waals surface area contributed by atoms with Gasteiger partial charge in [0, 0.05) is 6.92 Å². The van der Waals surface area contributed by atoms with Gasteiger partial charge in [0.1, 0.15) is 5.75 Å². The van der Waals surface area contributed by atoms with Gasteiger partial charge in [-0.25, -0.2) is 4.79 Å². The highest BCUT2D eigenvalue weighted by Crippen LogP contribution is 2.16. The molecule has 16 heavy (non-hydrogen) atoms. The second kappa shape index (κ2) is 5.30. The Hall–Kier alpha value is -1.84. The molecule has 4 heteroatoms. The van der Waals surface area contributed by atoms with Crippen molar-refractivity contribution in [1.82, 2.24) is 0 Å². The molecule has 1 aromatic carbocycles. The summed E-state index contributed by atoms with van der Waals surface area (Å²) in [5.74, 6) is -0.618. The Morgan fingerprint density at radius 3 is 2.19 bits per heavy atom. The summed E-state index contributed by atoms with van der Waals surface area (Å²) in [6.45, 7) is 4.71. The molecule has 0 aliphatic carbocycles. The lowest BCUT2D eigenvalue weighted by molar-refractivity contribution is -0.152. The number of hydrogen-bond donors (Lipinski definition) is 0. The van der Waals surface area contributed by atoms with Crippen molar-refractivity contribution < 1.29 is 19.1 Å². The molecule has 0 heterocycles. The molecular weight excluding hydrogens is 208 g/mol. The molecule has 0 aliphatic heterocycles. The minimum Gasteiger partial charge on any atom is -0.454 e. The third-order valence-electron chi connectivity index (χ3n) is 1.82. The van der Waals surface area contributed by atoms with Crippen LogP contribution in [0.25, 0.3) is 0 Å². The minimum atomic E-state index is -0.583. The Morgan fingerprint density at radius 2 is 1.69 bits per heavy atom. The molecule has 0 radical (unpaired) electrons. The Kier molecular flexibility index (Phi) is 4.05. The quantitative estimate of drug-likeness (QED) is 0.577. The molecule has 86 valence electrons. The van der Waals surface area contributed by atoms with Crippen LogP contribution in [0.5, 0.6) is 5.75 Å². The summed E-state index contributed by atoms with van der Waals surface area (Å²) < 4.78 is 9.53. The van der Waals surface area contributed by atoms with Crippen LogP contribution in [-0.4, -0.2) is 18.5 Å². The van der Waals surface area contributed by atoms with Gasteiger partial charge in [-0.15, -0.1) is 0 Å². The second-order valence-corrected chi connectivity index (χ2v) is 3.58. The topological polar surface area (TPSA) is 52.6 Å². The molecule has 4 nitrogen and oxygen atoms in total. The molecular formula is C12H14O4. The first-order chi connectivity index (χ1) is 7.47. The molecule has 0 amide bonds. The maximum absolute atomic E-state index is 11.2. The number of ether oxygens (including phenoxy) is 2. The van der Waals surface area contributed by atoms with Gasteiger partial charge in [-0.05, 0) is 37.1 Å². The standard InChI is InChI=1S/C12H14O4/c1-8-4-9(2)6-11(5-8)16-12(14)7-15-10(3)13/h4-6H,7H2,1-3H3. The molecule has 0 bridgehead atoms. The normalized spacial score (nSPS) is 9.69. The van der Waals surface area contributed by atoms with Crippen LogP contribution in [0.4, 0.5) is 0 Å². The largest absolute Gasteiger partial charge is 0.454 e. The van der Waals surface area contributed by atoms with E-state index < -0.39 is 11.9 Å². The summed E-state index contributed by atoms with van der Waals surface area (Å²) in [5, 5.41) is 0. The molecule has 1 aromatic rings. The number of hydrogen-bond acceptors (Lipinski definition) is 4. The maximum Gasteiger partial charge on any atom is 0.349 e. The van der Waals surface area contributed by atoms with Gasteiger partial charge in [0.15, 0.2) is 6.61 Å². The highest BCUT2D eigenvalue weighted by molar-refractivity contribution is 5.77. The second-order valence-electron chi connectivity index (χ2n) is 3.58. The van der Waals surface area contributed by atoms with Crippen LogP contribution in [0, 0.1) is 13.8 Å². The first-order valence-electron chi connectivity index (χ1n) is 4.89. The fraction of sp³-hybridized carbons (Fsp3) is 0.333. The maximum atomic E-state index is 11.2. The van der Waals surface area contributed by atoms with Crippen LogP contribution in [0.1, 0.15) is 18.1 Å². The van der Waals surface area contributed by atoms with Gasteiger partial charge in [-0.1, -0.05) is 6.07 Å². The molecule has 0 fully saturated rings. The molecule has 0 aromatic heterocycles. The summed E-state index contributed by atoms with van der Waals surface area (Å²) >= 11 is 0. The van der Waals surface area contributed by atoms with Crippen molar-refractivity contribution in [2.75, 3.05) is 6.61 Å². The van der Waals surface area contributed by atoms with Crippen LogP contribution in [0.2, 0.25) is 0 Å². The summed E-state index contributed by atoms with van der Waals surface area (Å²) in [4.78, 5) is 21.7. The summed E-state index contributed by atoms with van der Waals surface area (Å²) in [6.07, 6.45) is 0. The van der Waals surface area contributed by atoms with Gasteiger partial charge in [0.05, 0.1) is 0 Å². The zero-order valence-corrected chi connectivity index (χ0v) is 9.57. The zero-order valence-electron chi connectivity index (χ0n) is 9.57. The van der Waals surface area contributed by atoms with Crippen molar-refractivity contribution in [2.45, 2.75) is 20.8 Å². The summed E-state index contributed by atoms with van der Waals surface area (Å²) in [7, 11) is 0. The first kappa shape index (κ1) is 12.2. The predicted octanol–water partition coefficient (Wildman–Crippen LogP) is 1.77. The molecule has 0 saturated heterocycles. The molecule has 0 unspecified atom stereocenters. The Morgan fingerprint density at radius 1 is 1.12 bits per heavy atom. The fourth-order valence-corrected chi connectivity index (χ4v) is 1.31. The monoisotopic (exact) mass is 222 g/mol. The van der Waals surface area contributed by atoms with Crippen molar-refractivity contribution in [2.24, 2.45) is 0 Å². The molecule has 0 atom stereocenters. The van der Waals surface area contributed by atoms with Gasteiger partial charge >= 0.3 is 11.9 Å². The van der Waals surface area contributed by atoms with Gasteiger partial charge in [-0.2, -0.15) is 0 Å². The third kappa shape index (κ3) is 4.13. The van der Waals surface area contributed by atoms with E-state index in [1.165, 1.54) is 6.92 Å². The lowest BCUT2D eigenvalue weighted by Gasteiger charge is -2.06. The summed E-state index contributed by atoms with van der Waals surface area (Å²) in [6, 6.07) is 5.47. The Labute approximate surface area is 94.2 Å². The molecule has 0 N–H and O–H groups in total. The van der Waals surface area contributed by atoms with Crippen molar-refractivity contribution in [3.63, 3.8) is 0 Å². The average molecular weight is 222 g/mol. The number of aryl methyl sites for hydroxylation is 2. The van der Waals surface area contributed by atoms with E-state index in [0.29, 0.717) is 5.75 Å². The SMILES string of the molecule is CC(=O)OCC(=O)Oc1cc(C)cc(C)c1. The fourth-order valence-electron chi connectivity index (χ4n) is 1.31. The van der Waals surface area contributed by atoms with Crippen molar-refractivity contribution in [1.29, 1.82) is 0 Å². The number of rotatable bonds is 3. The molecule has 0 aliphatic rings. The van der Waals surface area contributed by atoms with E-state index in [1.54, 1.807) is 12.1 Å². The molecule has 1 rings (SSSR count). The van der Waals surface area contributed by atoms with Gasteiger partial charge in [0.2, 0.25) is 0 Å². The van der Waals surface area contributed by atoms with E-state index in [0.717, 1.165) is 11.1 Å². The smallest absolute Gasteiger partial charge is 0.349 e. The lowest BCUT2D eigenvalue weighted by Crippen LogP contribution is -2.17. The van der Waals surface area contributed by atoms with Crippen LogP contribution in [0.15, 0.2) is 18.2 Å². The van der Waals surface area contributed by atoms with E-state index in [-0.39, 0.29) is 6.61 Å². The number of carbonyl (C=O) groups excluding carboxylic acids is 2. The summed E-state index contributed by atoms with van der Waals surface area (Å²) in [5.41, 5.74) is 2.02. The lowest BCUT2D eigenvalue weighted by atomic mass is 10.1. The van der Waals surface area contributed by atoms with E-state index in [1.807, 2.05) is 19.9 Å². The van der Waals surface area contributed by atoms with Crippen LogP contribution in [-0.2, 0) is 14.3 Å². The van der Waals surface area contributed by atoms with Gasteiger partial charge in [-0.3, -0.25) is 4.79 Å². The van der Waals surface area contributed by atoms with Gasteiger partial charge < -0.3 is 9.47 Å². The van der Waals surface area contributed by atoms with E-state index in [2.05, 4.69) is 4.74 Å². The average Bonchev–Trinajstić information content (AvgIpc) is 2.12.